The maximum atomic E-state index is 12.1. The molecule has 2 rings (SSSR count). The Bertz CT molecular complexity index is 513. The van der Waals surface area contributed by atoms with E-state index in [1.54, 1.807) is 23.1 Å². The molecule has 0 spiro atoms. The van der Waals surface area contributed by atoms with Gasteiger partial charge in [0.2, 0.25) is 5.91 Å². The highest BCUT2D eigenvalue weighted by Gasteiger charge is 2.19. The Morgan fingerprint density at radius 2 is 2.05 bits per heavy atom. The van der Waals surface area contributed by atoms with E-state index < -0.39 is 0 Å². The van der Waals surface area contributed by atoms with E-state index in [9.17, 15) is 9.59 Å². The maximum Gasteiger partial charge on any atom is 0.255 e. The van der Waals surface area contributed by atoms with Crippen LogP contribution in [-0.4, -0.2) is 43.5 Å². The molecule has 108 valence electrons. The fourth-order valence-corrected chi connectivity index (χ4v) is 2.52. The van der Waals surface area contributed by atoms with Crippen molar-refractivity contribution in [3.8, 4) is 5.75 Å². The highest BCUT2D eigenvalue weighted by molar-refractivity contribution is 9.10. The van der Waals surface area contributed by atoms with E-state index in [2.05, 4.69) is 21.2 Å². The SMILES string of the molecule is COc1cc(Br)ccc1C(=O)NCC(=O)N1CCCC1. The van der Waals surface area contributed by atoms with E-state index in [1.165, 1.54) is 7.11 Å². The molecule has 1 heterocycles. The molecule has 20 heavy (non-hydrogen) atoms. The largest absolute Gasteiger partial charge is 0.496 e. The number of hydrogen-bond acceptors (Lipinski definition) is 3. The van der Waals surface area contributed by atoms with Gasteiger partial charge in [0.25, 0.3) is 5.91 Å². The molecule has 1 saturated heterocycles. The lowest BCUT2D eigenvalue weighted by atomic mass is 10.2. The number of nitrogens with zero attached hydrogens (tertiary/aromatic N) is 1. The van der Waals surface area contributed by atoms with Crippen molar-refractivity contribution in [1.82, 2.24) is 10.2 Å². The van der Waals surface area contributed by atoms with Gasteiger partial charge in [-0.25, -0.2) is 0 Å². The number of ether oxygens (including phenoxy) is 1. The molecule has 0 saturated carbocycles. The maximum absolute atomic E-state index is 12.1. The first kappa shape index (κ1) is 14.8. The minimum Gasteiger partial charge on any atom is -0.496 e. The normalized spacial score (nSPS) is 14.2. The van der Waals surface area contributed by atoms with Crippen molar-refractivity contribution in [1.29, 1.82) is 0 Å². The minimum absolute atomic E-state index is 0.0258. The Morgan fingerprint density at radius 3 is 2.70 bits per heavy atom. The van der Waals surface area contributed by atoms with Crippen molar-refractivity contribution in [3.05, 3.63) is 28.2 Å². The van der Waals surface area contributed by atoms with E-state index >= 15 is 0 Å². The first-order valence-corrected chi connectivity index (χ1v) is 7.30. The van der Waals surface area contributed by atoms with E-state index in [0.717, 1.165) is 30.4 Å². The van der Waals surface area contributed by atoms with Gasteiger partial charge in [0, 0.05) is 17.6 Å². The van der Waals surface area contributed by atoms with E-state index in [0.29, 0.717) is 11.3 Å². The molecule has 1 fully saturated rings. The molecule has 2 amide bonds. The predicted molar refractivity (Wildman–Crippen MR) is 78.8 cm³/mol. The monoisotopic (exact) mass is 340 g/mol. The molecule has 1 aliphatic heterocycles. The van der Waals surface area contributed by atoms with Crippen molar-refractivity contribution in [2.24, 2.45) is 0 Å². The summed E-state index contributed by atoms with van der Waals surface area (Å²) in [4.78, 5) is 25.7. The molecule has 0 unspecified atom stereocenters. The van der Waals surface area contributed by atoms with Crippen molar-refractivity contribution in [2.45, 2.75) is 12.8 Å². The molecular formula is C14H17BrN2O3. The van der Waals surface area contributed by atoms with Crippen LogP contribution in [0.1, 0.15) is 23.2 Å². The Morgan fingerprint density at radius 1 is 1.35 bits per heavy atom. The second kappa shape index (κ2) is 6.74. The third-order valence-corrected chi connectivity index (χ3v) is 3.76. The van der Waals surface area contributed by atoms with Gasteiger partial charge in [-0.1, -0.05) is 15.9 Å². The summed E-state index contributed by atoms with van der Waals surface area (Å²) in [5.74, 6) is 0.138. The number of benzene rings is 1. The van der Waals surface area contributed by atoms with E-state index in [-0.39, 0.29) is 18.4 Å². The van der Waals surface area contributed by atoms with Crippen LogP contribution in [0.25, 0.3) is 0 Å². The van der Waals surface area contributed by atoms with Crippen molar-refractivity contribution < 1.29 is 14.3 Å². The summed E-state index contributed by atoms with van der Waals surface area (Å²) in [6.07, 6.45) is 2.08. The zero-order valence-corrected chi connectivity index (χ0v) is 12.9. The first-order valence-electron chi connectivity index (χ1n) is 6.51. The van der Waals surface area contributed by atoms with Gasteiger partial charge < -0.3 is 15.0 Å². The molecule has 0 aromatic heterocycles. The van der Waals surface area contributed by atoms with Crippen LogP contribution in [0.15, 0.2) is 22.7 Å². The van der Waals surface area contributed by atoms with Gasteiger partial charge >= 0.3 is 0 Å². The zero-order chi connectivity index (χ0) is 14.5. The van der Waals surface area contributed by atoms with E-state index in [4.69, 9.17) is 4.74 Å². The highest BCUT2D eigenvalue weighted by Crippen LogP contribution is 2.23. The molecule has 1 N–H and O–H groups in total. The van der Waals surface area contributed by atoms with E-state index in [1.807, 2.05) is 0 Å². The van der Waals surface area contributed by atoms with Crippen LogP contribution in [0.5, 0.6) is 5.75 Å². The Hall–Kier alpha value is -1.56. The smallest absolute Gasteiger partial charge is 0.255 e. The fraction of sp³-hybridized carbons (Fsp3) is 0.429. The van der Waals surface area contributed by atoms with Gasteiger partial charge in [-0.05, 0) is 31.0 Å². The number of hydrogen-bond donors (Lipinski definition) is 1. The van der Waals surface area contributed by atoms with Crippen molar-refractivity contribution >= 4 is 27.7 Å². The Kier molecular flexibility index (Phi) is 5.00. The summed E-state index contributed by atoms with van der Waals surface area (Å²) in [6.45, 7) is 1.60. The third kappa shape index (κ3) is 3.50. The molecule has 1 aromatic rings. The minimum atomic E-state index is -0.304. The summed E-state index contributed by atoms with van der Waals surface area (Å²) < 4.78 is 6.00. The summed E-state index contributed by atoms with van der Waals surface area (Å²) in [5.41, 5.74) is 0.421. The average molecular weight is 341 g/mol. The number of likely N-dealkylation sites (tertiary alicyclic amines) is 1. The van der Waals surface area contributed by atoms with Crippen LogP contribution in [0, 0.1) is 0 Å². The first-order chi connectivity index (χ1) is 9.61. The van der Waals surface area contributed by atoms with Crippen LogP contribution in [0.2, 0.25) is 0 Å². The van der Waals surface area contributed by atoms with Crippen molar-refractivity contribution in [2.75, 3.05) is 26.7 Å². The summed E-state index contributed by atoms with van der Waals surface area (Å²) in [5, 5.41) is 2.64. The summed E-state index contributed by atoms with van der Waals surface area (Å²) in [6, 6.07) is 5.15. The molecule has 0 atom stereocenters. The van der Waals surface area contributed by atoms with Crippen LogP contribution in [0.3, 0.4) is 0 Å². The Balaban J connectivity index is 1.96. The Labute approximate surface area is 126 Å². The van der Waals surface area contributed by atoms with Crippen LogP contribution in [0.4, 0.5) is 0 Å². The lowest BCUT2D eigenvalue weighted by Gasteiger charge is -2.16. The predicted octanol–water partition coefficient (Wildman–Crippen LogP) is 1.81. The van der Waals surface area contributed by atoms with Crippen LogP contribution < -0.4 is 10.1 Å². The molecular weight excluding hydrogens is 324 g/mol. The van der Waals surface area contributed by atoms with Gasteiger partial charge in [0.1, 0.15) is 5.75 Å². The lowest BCUT2D eigenvalue weighted by Crippen LogP contribution is -2.38. The highest BCUT2D eigenvalue weighted by atomic mass is 79.9. The third-order valence-electron chi connectivity index (χ3n) is 3.27. The standard InChI is InChI=1S/C14H17BrN2O3/c1-20-12-8-10(15)4-5-11(12)14(19)16-9-13(18)17-6-2-3-7-17/h4-5,8H,2-3,6-7,9H2,1H3,(H,16,19). The molecule has 0 radical (unpaired) electrons. The molecule has 5 nitrogen and oxygen atoms in total. The number of carbonyl (C=O) groups is 2. The molecule has 0 aliphatic carbocycles. The number of nitrogens with one attached hydrogen (secondary N) is 1. The second-order valence-electron chi connectivity index (χ2n) is 4.62. The number of methoxy groups -OCH3 is 1. The molecule has 1 aliphatic rings. The quantitative estimate of drug-likeness (QED) is 0.909. The van der Waals surface area contributed by atoms with Gasteiger partial charge in [-0.3, -0.25) is 9.59 Å². The number of amides is 2. The average Bonchev–Trinajstić information content (AvgIpc) is 2.98. The molecule has 0 bridgehead atoms. The van der Waals surface area contributed by atoms with Crippen molar-refractivity contribution in [3.63, 3.8) is 0 Å². The summed E-state index contributed by atoms with van der Waals surface area (Å²) >= 11 is 3.32. The van der Waals surface area contributed by atoms with Gasteiger partial charge in [-0.15, -0.1) is 0 Å². The molecule has 1 aromatic carbocycles. The summed E-state index contributed by atoms with van der Waals surface area (Å²) in [7, 11) is 1.51. The second-order valence-corrected chi connectivity index (χ2v) is 5.53. The lowest BCUT2D eigenvalue weighted by molar-refractivity contribution is -0.129. The fourth-order valence-electron chi connectivity index (χ4n) is 2.18. The molecule has 6 heteroatoms. The van der Waals surface area contributed by atoms with Crippen LogP contribution in [-0.2, 0) is 4.79 Å². The van der Waals surface area contributed by atoms with Gasteiger partial charge in [0.15, 0.2) is 0 Å². The zero-order valence-electron chi connectivity index (χ0n) is 11.3. The number of halogens is 1. The topological polar surface area (TPSA) is 58.6 Å². The van der Waals surface area contributed by atoms with Gasteiger partial charge in [0.05, 0.1) is 19.2 Å². The number of carbonyl (C=O) groups excluding carboxylic acids is 2. The van der Waals surface area contributed by atoms with Gasteiger partial charge in [-0.2, -0.15) is 0 Å². The van der Waals surface area contributed by atoms with Crippen LogP contribution >= 0.6 is 15.9 Å². The number of rotatable bonds is 4.